The van der Waals surface area contributed by atoms with Crippen molar-refractivity contribution in [3.63, 3.8) is 0 Å². The third-order valence-electron chi connectivity index (χ3n) is 5.09. The zero-order chi connectivity index (χ0) is 17.8. The van der Waals surface area contributed by atoms with E-state index in [1.165, 1.54) is 0 Å². The lowest BCUT2D eigenvalue weighted by atomic mass is 9.93. The molecule has 0 spiro atoms. The Bertz CT molecular complexity index is 1220. The summed E-state index contributed by atoms with van der Waals surface area (Å²) in [5.41, 5.74) is 6.85. The Morgan fingerprint density at radius 2 is 2.00 bits per heavy atom. The van der Waals surface area contributed by atoms with Gasteiger partial charge in [0.2, 0.25) is 0 Å². The topological polar surface area (TPSA) is 45.7 Å². The van der Waals surface area contributed by atoms with Gasteiger partial charge in [-0.2, -0.15) is 0 Å². The maximum Gasteiger partial charge on any atom is 0.138 e. The zero-order valence-electron chi connectivity index (χ0n) is 14.2. The van der Waals surface area contributed by atoms with Crippen molar-refractivity contribution in [2.45, 2.75) is 19.9 Å². The molecule has 4 aromatic rings. The van der Waals surface area contributed by atoms with Gasteiger partial charge >= 0.3 is 0 Å². The molecule has 0 unspecified atom stereocenters. The number of furan rings is 1. The molecule has 0 saturated carbocycles. The number of phenolic OH excluding ortho intramolecular Hbond substituents is 1. The zero-order valence-corrected chi connectivity index (χ0v) is 15.0. The highest BCUT2D eigenvalue weighted by molar-refractivity contribution is 6.33. The lowest BCUT2D eigenvalue weighted by Gasteiger charge is -2.10. The molecule has 0 radical (unpaired) electrons. The SMILES string of the molecule is CCc1cc(O)cc2c1oc1cc(-c3ccccc3Cl)c3c(c12)CN=C3. The van der Waals surface area contributed by atoms with Crippen LogP contribution in [0.5, 0.6) is 5.75 Å². The van der Waals surface area contributed by atoms with Gasteiger partial charge in [0.05, 0.1) is 6.54 Å². The highest BCUT2D eigenvalue weighted by atomic mass is 35.5. The number of aromatic hydroxyl groups is 1. The van der Waals surface area contributed by atoms with Gasteiger partial charge in [-0.25, -0.2) is 0 Å². The van der Waals surface area contributed by atoms with Gasteiger partial charge in [-0.15, -0.1) is 0 Å². The van der Waals surface area contributed by atoms with Crippen molar-refractivity contribution in [3.8, 4) is 16.9 Å². The Kier molecular flexibility index (Phi) is 3.34. The first-order chi connectivity index (χ1) is 12.7. The number of phenols is 1. The molecular formula is C22H16ClNO2. The minimum absolute atomic E-state index is 0.264. The molecule has 0 amide bonds. The van der Waals surface area contributed by atoms with Crippen LogP contribution in [0, 0.1) is 0 Å². The highest BCUT2D eigenvalue weighted by Crippen LogP contribution is 2.43. The van der Waals surface area contributed by atoms with E-state index < -0.39 is 0 Å². The summed E-state index contributed by atoms with van der Waals surface area (Å²) in [4.78, 5) is 4.50. The molecule has 4 heteroatoms. The maximum atomic E-state index is 10.1. The Morgan fingerprint density at radius 3 is 2.81 bits per heavy atom. The van der Waals surface area contributed by atoms with Gasteiger partial charge in [-0.05, 0) is 47.4 Å². The molecule has 0 aliphatic carbocycles. The van der Waals surface area contributed by atoms with E-state index in [2.05, 4.69) is 11.9 Å². The van der Waals surface area contributed by atoms with Gasteiger partial charge < -0.3 is 9.52 Å². The molecule has 1 aliphatic rings. The fourth-order valence-electron chi connectivity index (χ4n) is 3.90. The van der Waals surface area contributed by atoms with Crippen LogP contribution in [0.3, 0.4) is 0 Å². The molecule has 3 aromatic carbocycles. The number of benzene rings is 3. The van der Waals surface area contributed by atoms with Crippen molar-refractivity contribution >= 4 is 39.8 Å². The Labute approximate surface area is 155 Å². The van der Waals surface area contributed by atoms with Gasteiger partial charge in [0, 0.05) is 33.1 Å². The van der Waals surface area contributed by atoms with Crippen LogP contribution in [-0.4, -0.2) is 11.3 Å². The standard InChI is InChI=1S/C22H16ClNO2/c1-2-12-7-13(25)8-16-21-18-11-24-10-17(18)15(9-20(21)26-22(12)16)14-5-3-4-6-19(14)23/h3-10,25H,2,11H2,1H3. The van der Waals surface area contributed by atoms with Gasteiger partial charge in [0.1, 0.15) is 16.9 Å². The van der Waals surface area contributed by atoms with E-state index in [1.807, 2.05) is 36.5 Å². The Balaban J connectivity index is 1.93. The minimum Gasteiger partial charge on any atom is -0.508 e. The molecule has 3 nitrogen and oxygen atoms in total. The minimum atomic E-state index is 0.264. The van der Waals surface area contributed by atoms with E-state index in [0.717, 1.165) is 56.2 Å². The van der Waals surface area contributed by atoms with Crippen molar-refractivity contribution in [2.24, 2.45) is 4.99 Å². The van der Waals surface area contributed by atoms with Gasteiger partial charge in [0.25, 0.3) is 0 Å². The third-order valence-corrected chi connectivity index (χ3v) is 5.42. The van der Waals surface area contributed by atoms with Gasteiger partial charge in [0.15, 0.2) is 0 Å². The van der Waals surface area contributed by atoms with Crippen LogP contribution in [0.15, 0.2) is 51.9 Å². The van der Waals surface area contributed by atoms with E-state index >= 15 is 0 Å². The molecule has 1 aliphatic heterocycles. The summed E-state index contributed by atoms with van der Waals surface area (Å²) in [6, 6.07) is 13.4. The molecule has 5 rings (SSSR count). The Morgan fingerprint density at radius 1 is 1.15 bits per heavy atom. The van der Waals surface area contributed by atoms with Crippen LogP contribution in [0.1, 0.15) is 23.6 Å². The predicted octanol–water partition coefficient (Wildman–Crippen LogP) is 6.11. The fraction of sp³-hybridized carbons (Fsp3) is 0.136. The first kappa shape index (κ1) is 15.5. The number of hydrogen-bond acceptors (Lipinski definition) is 3. The second-order valence-electron chi connectivity index (χ2n) is 6.58. The molecule has 128 valence electrons. The van der Waals surface area contributed by atoms with Crippen LogP contribution in [0.25, 0.3) is 33.1 Å². The number of halogens is 1. The normalized spacial score (nSPS) is 13.0. The second kappa shape index (κ2) is 5.61. The summed E-state index contributed by atoms with van der Waals surface area (Å²) in [6.45, 7) is 2.67. The van der Waals surface area contributed by atoms with E-state index in [9.17, 15) is 5.11 Å². The molecule has 2 heterocycles. The summed E-state index contributed by atoms with van der Waals surface area (Å²) in [7, 11) is 0. The van der Waals surface area contributed by atoms with E-state index in [1.54, 1.807) is 12.1 Å². The van der Waals surface area contributed by atoms with Crippen LogP contribution in [-0.2, 0) is 13.0 Å². The van der Waals surface area contributed by atoms with Gasteiger partial charge in [-0.1, -0.05) is 36.7 Å². The highest BCUT2D eigenvalue weighted by Gasteiger charge is 2.23. The first-order valence-electron chi connectivity index (χ1n) is 8.66. The fourth-order valence-corrected chi connectivity index (χ4v) is 4.13. The lowest BCUT2D eigenvalue weighted by molar-refractivity contribution is 0.475. The molecular weight excluding hydrogens is 346 g/mol. The molecule has 26 heavy (non-hydrogen) atoms. The number of aliphatic imine (C=N–C) groups is 1. The molecule has 0 fully saturated rings. The molecule has 1 N–H and O–H groups in total. The maximum absolute atomic E-state index is 10.1. The lowest BCUT2D eigenvalue weighted by Crippen LogP contribution is -1.92. The van der Waals surface area contributed by atoms with E-state index in [4.69, 9.17) is 16.0 Å². The number of aryl methyl sites for hydroxylation is 1. The van der Waals surface area contributed by atoms with E-state index in [0.29, 0.717) is 11.6 Å². The second-order valence-corrected chi connectivity index (χ2v) is 6.98. The predicted molar refractivity (Wildman–Crippen MR) is 107 cm³/mol. The average molecular weight is 362 g/mol. The van der Waals surface area contributed by atoms with Crippen LogP contribution >= 0.6 is 11.6 Å². The number of rotatable bonds is 2. The van der Waals surface area contributed by atoms with Crippen molar-refractivity contribution in [3.05, 3.63) is 64.2 Å². The third kappa shape index (κ3) is 2.10. The van der Waals surface area contributed by atoms with Gasteiger partial charge in [-0.3, -0.25) is 4.99 Å². The quantitative estimate of drug-likeness (QED) is 0.468. The Hall–Kier alpha value is -2.78. The molecule has 0 bridgehead atoms. The summed E-state index contributed by atoms with van der Waals surface area (Å²) < 4.78 is 6.25. The summed E-state index contributed by atoms with van der Waals surface area (Å²) in [5, 5.41) is 12.8. The summed E-state index contributed by atoms with van der Waals surface area (Å²) in [6.07, 6.45) is 2.70. The van der Waals surface area contributed by atoms with Crippen molar-refractivity contribution < 1.29 is 9.52 Å². The van der Waals surface area contributed by atoms with Crippen LogP contribution in [0.4, 0.5) is 0 Å². The van der Waals surface area contributed by atoms with Crippen LogP contribution < -0.4 is 0 Å². The molecule has 1 aromatic heterocycles. The summed E-state index contributed by atoms with van der Waals surface area (Å²) in [5.74, 6) is 0.264. The van der Waals surface area contributed by atoms with Crippen molar-refractivity contribution in [1.82, 2.24) is 0 Å². The first-order valence-corrected chi connectivity index (χ1v) is 9.04. The van der Waals surface area contributed by atoms with E-state index in [-0.39, 0.29) is 5.75 Å². The largest absolute Gasteiger partial charge is 0.508 e. The van der Waals surface area contributed by atoms with Crippen molar-refractivity contribution in [2.75, 3.05) is 0 Å². The summed E-state index contributed by atoms with van der Waals surface area (Å²) >= 11 is 6.45. The number of fused-ring (bicyclic) bond motifs is 5. The molecule has 0 saturated heterocycles. The number of nitrogens with zero attached hydrogens (tertiary/aromatic N) is 1. The smallest absolute Gasteiger partial charge is 0.138 e. The monoisotopic (exact) mass is 361 g/mol. The van der Waals surface area contributed by atoms with Crippen molar-refractivity contribution in [1.29, 1.82) is 0 Å². The van der Waals surface area contributed by atoms with Crippen LogP contribution in [0.2, 0.25) is 5.02 Å². The average Bonchev–Trinajstić information content (AvgIpc) is 3.25. The number of hydrogen-bond donors (Lipinski definition) is 1. The molecule has 0 atom stereocenters.